The van der Waals surface area contributed by atoms with Crippen LogP contribution in [-0.4, -0.2) is 31.6 Å². The molecule has 0 atom stereocenters. The number of methoxy groups -OCH3 is 1. The molecule has 0 aromatic rings. The Labute approximate surface area is 68.8 Å². The van der Waals surface area contributed by atoms with E-state index in [0.717, 1.165) is 5.33 Å². The van der Waals surface area contributed by atoms with Crippen LogP contribution in [0.15, 0.2) is 0 Å². The Bertz CT molecular complexity index is 95.0. The molecule has 0 aliphatic carbocycles. The van der Waals surface area contributed by atoms with Crippen molar-refractivity contribution in [3.05, 3.63) is 0 Å². The maximum absolute atomic E-state index is 10.5. The highest BCUT2D eigenvalue weighted by atomic mass is 79.9. The van der Waals surface area contributed by atoms with E-state index in [0.29, 0.717) is 19.6 Å². The molecule has 0 rings (SSSR count). The Balaban J connectivity index is 2.96. The van der Waals surface area contributed by atoms with E-state index in [-0.39, 0.29) is 5.97 Å². The smallest absolute Gasteiger partial charge is 0.307 e. The third-order valence-electron chi connectivity index (χ3n) is 0.900. The van der Waals surface area contributed by atoms with Crippen molar-refractivity contribution in [3.63, 3.8) is 0 Å². The van der Waals surface area contributed by atoms with Crippen LogP contribution >= 0.6 is 15.9 Å². The molecule has 0 aliphatic heterocycles. The number of rotatable bonds is 5. The molecule has 0 N–H and O–H groups in total. The fourth-order valence-electron chi connectivity index (χ4n) is 0.414. The Morgan fingerprint density at radius 1 is 1.50 bits per heavy atom. The fraction of sp³-hybridized carbons (Fsp3) is 0.833. The molecule has 0 radical (unpaired) electrons. The zero-order valence-electron chi connectivity index (χ0n) is 5.93. The minimum absolute atomic E-state index is 0.227. The molecular formula is C6H11BrO3. The zero-order valence-corrected chi connectivity index (χ0v) is 7.52. The molecule has 60 valence electrons. The summed E-state index contributed by atoms with van der Waals surface area (Å²) in [6, 6.07) is 0. The average Bonchev–Trinajstić information content (AvgIpc) is 1.98. The van der Waals surface area contributed by atoms with Gasteiger partial charge in [-0.15, -0.1) is 0 Å². The lowest BCUT2D eigenvalue weighted by Crippen LogP contribution is -2.06. The van der Waals surface area contributed by atoms with Crippen molar-refractivity contribution in [2.75, 3.05) is 25.7 Å². The molecule has 0 spiro atoms. The van der Waals surface area contributed by atoms with E-state index in [9.17, 15) is 4.79 Å². The van der Waals surface area contributed by atoms with E-state index in [2.05, 4.69) is 20.7 Å². The molecule has 0 bridgehead atoms. The number of hydrogen-bond acceptors (Lipinski definition) is 3. The summed E-state index contributed by atoms with van der Waals surface area (Å²) in [4.78, 5) is 10.5. The van der Waals surface area contributed by atoms with Crippen LogP contribution in [0, 0.1) is 0 Å². The molecule has 0 aromatic heterocycles. The summed E-state index contributed by atoms with van der Waals surface area (Å²) in [5, 5.41) is 0.800. The first-order valence-electron chi connectivity index (χ1n) is 3.01. The van der Waals surface area contributed by atoms with Crippen LogP contribution in [0.25, 0.3) is 0 Å². The van der Waals surface area contributed by atoms with Crippen molar-refractivity contribution >= 4 is 21.9 Å². The van der Waals surface area contributed by atoms with Gasteiger partial charge in [0.15, 0.2) is 0 Å². The van der Waals surface area contributed by atoms with Crippen LogP contribution in [0.1, 0.15) is 6.42 Å². The zero-order chi connectivity index (χ0) is 7.82. The first-order chi connectivity index (χ1) is 4.81. The lowest BCUT2D eigenvalue weighted by Gasteiger charge is -1.99. The third kappa shape index (κ3) is 6.04. The van der Waals surface area contributed by atoms with E-state index in [1.165, 1.54) is 7.11 Å². The topological polar surface area (TPSA) is 35.5 Å². The van der Waals surface area contributed by atoms with Crippen molar-refractivity contribution in [3.8, 4) is 0 Å². The molecule has 10 heavy (non-hydrogen) atoms. The second kappa shape index (κ2) is 7.02. The summed E-state index contributed by atoms with van der Waals surface area (Å²) in [5.74, 6) is -0.227. The van der Waals surface area contributed by atoms with Crippen molar-refractivity contribution < 1.29 is 14.3 Å². The Morgan fingerprint density at radius 3 is 2.70 bits per heavy atom. The highest BCUT2D eigenvalue weighted by Gasteiger charge is 1.97. The number of esters is 1. The van der Waals surface area contributed by atoms with Gasteiger partial charge in [-0.05, 0) is 0 Å². The van der Waals surface area contributed by atoms with Gasteiger partial charge in [0.1, 0.15) is 0 Å². The molecule has 0 unspecified atom stereocenters. The second-order valence-corrected chi connectivity index (χ2v) is 2.42. The number of halogens is 1. The molecule has 3 nitrogen and oxygen atoms in total. The largest absolute Gasteiger partial charge is 0.469 e. The molecule has 0 saturated heterocycles. The van der Waals surface area contributed by atoms with Crippen LogP contribution in [0.3, 0.4) is 0 Å². The van der Waals surface area contributed by atoms with Crippen LogP contribution in [-0.2, 0) is 14.3 Å². The van der Waals surface area contributed by atoms with Crippen molar-refractivity contribution in [2.24, 2.45) is 0 Å². The highest BCUT2D eigenvalue weighted by Crippen LogP contribution is 1.87. The second-order valence-electron chi connectivity index (χ2n) is 1.63. The molecule has 0 amide bonds. The van der Waals surface area contributed by atoms with E-state index in [1.807, 2.05) is 0 Å². The monoisotopic (exact) mass is 210 g/mol. The minimum atomic E-state index is -0.227. The van der Waals surface area contributed by atoms with Gasteiger partial charge in [0.05, 0.1) is 26.7 Å². The summed E-state index contributed by atoms with van der Waals surface area (Å²) in [6.45, 7) is 1.08. The number of ether oxygens (including phenoxy) is 2. The maximum atomic E-state index is 10.5. The third-order valence-corrected chi connectivity index (χ3v) is 1.22. The van der Waals surface area contributed by atoms with Gasteiger partial charge in [-0.2, -0.15) is 0 Å². The van der Waals surface area contributed by atoms with Gasteiger partial charge in [0.2, 0.25) is 0 Å². The molecule has 0 aliphatic rings. The van der Waals surface area contributed by atoms with Crippen LogP contribution in [0.5, 0.6) is 0 Å². The Hall–Kier alpha value is -0.0900. The molecular weight excluding hydrogens is 200 g/mol. The first-order valence-corrected chi connectivity index (χ1v) is 4.14. The fourth-order valence-corrected chi connectivity index (χ4v) is 0.643. The van der Waals surface area contributed by atoms with Crippen molar-refractivity contribution in [2.45, 2.75) is 6.42 Å². The van der Waals surface area contributed by atoms with Crippen LogP contribution < -0.4 is 0 Å². The quantitative estimate of drug-likeness (QED) is 0.386. The summed E-state index contributed by atoms with van der Waals surface area (Å²) in [5.41, 5.74) is 0. The van der Waals surface area contributed by atoms with Gasteiger partial charge in [-0.1, -0.05) is 15.9 Å². The van der Waals surface area contributed by atoms with Gasteiger partial charge in [0.25, 0.3) is 0 Å². The molecule has 0 saturated carbocycles. The maximum Gasteiger partial charge on any atom is 0.307 e. The summed E-state index contributed by atoms with van der Waals surface area (Å²) < 4.78 is 9.41. The Morgan fingerprint density at radius 2 is 2.20 bits per heavy atom. The number of hydrogen-bond donors (Lipinski definition) is 0. The van der Waals surface area contributed by atoms with Crippen LogP contribution in [0.2, 0.25) is 0 Å². The Kier molecular flexibility index (Phi) is 6.96. The van der Waals surface area contributed by atoms with Gasteiger partial charge >= 0.3 is 5.97 Å². The molecule has 0 heterocycles. The predicted octanol–water partition coefficient (Wildman–Crippen LogP) is 0.961. The van der Waals surface area contributed by atoms with E-state index >= 15 is 0 Å². The van der Waals surface area contributed by atoms with Gasteiger partial charge < -0.3 is 9.47 Å². The molecule has 0 fully saturated rings. The van der Waals surface area contributed by atoms with Crippen molar-refractivity contribution in [1.29, 1.82) is 0 Å². The average molecular weight is 211 g/mol. The SMILES string of the molecule is COC(=O)CCOCCBr. The summed E-state index contributed by atoms with van der Waals surface area (Å²) in [6.07, 6.45) is 0.337. The van der Waals surface area contributed by atoms with E-state index < -0.39 is 0 Å². The van der Waals surface area contributed by atoms with Crippen molar-refractivity contribution in [1.82, 2.24) is 0 Å². The number of alkyl halides is 1. The lowest BCUT2D eigenvalue weighted by atomic mass is 10.5. The first kappa shape index (κ1) is 9.91. The molecule has 4 heteroatoms. The van der Waals surface area contributed by atoms with Gasteiger partial charge in [0, 0.05) is 5.33 Å². The number of carbonyl (C=O) groups is 1. The standard InChI is InChI=1S/C6H11BrO3/c1-9-6(8)2-4-10-5-3-7/h2-5H2,1H3. The van der Waals surface area contributed by atoms with E-state index in [4.69, 9.17) is 4.74 Å². The van der Waals surface area contributed by atoms with E-state index in [1.54, 1.807) is 0 Å². The normalized spacial score (nSPS) is 9.40. The predicted molar refractivity (Wildman–Crippen MR) is 41.2 cm³/mol. The summed E-state index contributed by atoms with van der Waals surface area (Å²) in [7, 11) is 1.37. The highest BCUT2D eigenvalue weighted by molar-refractivity contribution is 9.09. The minimum Gasteiger partial charge on any atom is -0.469 e. The van der Waals surface area contributed by atoms with Gasteiger partial charge in [-0.3, -0.25) is 4.79 Å². The summed E-state index contributed by atoms with van der Waals surface area (Å²) >= 11 is 3.19. The molecule has 0 aromatic carbocycles. The number of carbonyl (C=O) groups excluding carboxylic acids is 1. The van der Waals surface area contributed by atoms with Crippen LogP contribution in [0.4, 0.5) is 0 Å². The van der Waals surface area contributed by atoms with Gasteiger partial charge in [-0.25, -0.2) is 0 Å². The lowest BCUT2D eigenvalue weighted by molar-refractivity contribution is -0.141.